The Hall–Kier alpha value is -1.85. The number of hydrogen-bond acceptors (Lipinski definition) is 4. The molecular formula is C20H23ClNO5P. The normalized spacial score (nSPS) is 21.2. The van der Waals surface area contributed by atoms with Gasteiger partial charge in [-0.1, -0.05) is 43.1 Å². The summed E-state index contributed by atoms with van der Waals surface area (Å²) in [6.07, 6.45) is 1.59. The first-order valence-electron chi connectivity index (χ1n) is 9.21. The van der Waals surface area contributed by atoms with E-state index in [1.165, 1.54) is 4.67 Å². The summed E-state index contributed by atoms with van der Waals surface area (Å²) >= 11 is 5.93. The van der Waals surface area contributed by atoms with Crippen molar-refractivity contribution in [3.63, 3.8) is 0 Å². The fourth-order valence-electron chi connectivity index (χ4n) is 3.38. The Morgan fingerprint density at radius 2 is 2.04 bits per heavy atom. The van der Waals surface area contributed by atoms with Crippen molar-refractivity contribution in [1.82, 2.24) is 4.67 Å². The Morgan fingerprint density at radius 3 is 2.71 bits per heavy atom. The maximum Gasteiger partial charge on any atom is 0.321 e. The van der Waals surface area contributed by atoms with Crippen LogP contribution in [0.25, 0.3) is 0 Å². The second-order valence-corrected chi connectivity index (χ2v) is 8.34. The van der Waals surface area contributed by atoms with Gasteiger partial charge in [0.15, 0.2) is 0 Å². The smallest absolute Gasteiger partial charge is 0.321 e. The lowest BCUT2D eigenvalue weighted by molar-refractivity contribution is -0.143. The maximum atomic E-state index is 12.7. The van der Waals surface area contributed by atoms with Gasteiger partial charge in [0.2, 0.25) is 0 Å². The minimum absolute atomic E-state index is 0.312. The molecule has 1 aliphatic heterocycles. The highest BCUT2D eigenvalue weighted by atomic mass is 35.5. The molecular weight excluding hydrogens is 401 g/mol. The Bertz CT molecular complexity index is 845. The zero-order chi connectivity index (χ0) is 20.1. The molecule has 3 rings (SSSR count). The molecule has 6 nitrogen and oxygen atoms in total. The molecule has 2 aromatic carbocycles. The molecule has 1 saturated heterocycles. The van der Waals surface area contributed by atoms with Crippen LogP contribution in [0, 0.1) is 0 Å². The zero-order valence-electron chi connectivity index (χ0n) is 15.5. The molecule has 0 radical (unpaired) electrons. The van der Waals surface area contributed by atoms with E-state index in [1.807, 2.05) is 31.2 Å². The highest BCUT2D eigenvalue weighted by molar-refractivity contribution is 7.36. The van der Waals surface area contributed by atoms with Crippen molar-refractivity contribution >= 4 is 25.7 Å². The molecule has 1 heterocycles. The van der Waals surface area contributed by atoms with E-state index in [0.717, 1.165) is 5.56 Å². The predicted octanol–water partition coefficient (Wildman–Crippen LogP) is 5.54. The Morgan fingerprint density at radius 1 is 1.32 bits per heavy atom. The van der Waals surface area contributed by atoms with Gasteiger partial charge in [-0.05, 0) is 43.2 Å². The van der Waals surface area contributed by atoms with Crippen molar-refractivity contribution in [2.45, 2.75) is 38.3 Å². The highest BCUT2D eigenvalue weighted by Gasteiger charge is 2.39. The number of ether oxygens (including phenoxy) is 1. The fraction of sp³-hybridized carbons (Fsp3) is 0.350. The molecule has 2 aromatic rings. The molecule has 28 heavy (non-hydrogen) atoms. The van der Waals surface area contributed by atoms with Gasteiger partial charge in [0.1, 0.15) is 17.5 Å². The van der Waals surface area contributed by atoms with Crippen molar-refractivity contribution in [3.8, 4) is 11.5 Å². The standard InChI is InChI=1S/C20H23ClNO5P/c1-2-5-18(20(23)24)22-17(12-13-26-28(22)25)16-6-3-4-7-19(16)27-15-10-8-14(21)9-11-15/h3-4,6-11,17-18,28H,2,5,12-13H2,1H3,(H,23,24). The number of carbonyl (C=O) groups is 1. The molecule has 3 atom stereocenters. The molecule has 0 aliphatic carbocycles. The Labute approximate surface area is 169 Å². The Kier molecular flexibility index (Phi) is 7.13. The van der Waals surface area contributed by atoms with Crippen molar-refractivity contribution in [2.75, 3.05) is 6.61 Å². The van der Waals surface area contributed by atoms with E-state index in [2.05, 4.69) is 0 Å². The van der Waals surface area contributed by atoms with Crippen LogP contribution >= 0.6 is 19.8 Å². The molecule has 1 aliphatic rings. The van der Waals surface area contributed by atoms with Gasteiger partial charge in [-0.3, -0.25) is 9.36 Å². The van der Waals surface area contributed by atoms with Crippen LogP contribution in [0.5, 0.6) is 11.5 Å². The number of benzene rings is 2. The van der Waals surface area contributed by atoms with Gasteiger partial charge in [-0.2, -0.15) is 0 Å². The predicted molar refractivity (Wildman–Crippen MR) is 108 cm³/mol. The van der Waals surface area contributed by atoms with Crippen LogP contribution in [-0.4, -0.2) is 28.4 Å². The van der Waals surface area contributed by atoms with Gasteiger partial charge in [-0.15, -0.1) is 0 Å². The minimum Gasteiger partial charge on any atom is -0.480 e. The van der Waals surface area contributed by atoms with E-state index in [1.54, 1.807) is 24.3 Å². The summed E-state index contributed by atoms with van der Waals surface area (Å²) in [7, 11) is -2.66. The van der Waals surface area contributed by atoms with Gasteiger partial charge in [0.25, 0.3) is 8.18 Å². The molecule has 8 heteroatoms. The van der Waals surface area contributed by atoms with Gasteiger partial charge < -0.3 is 14.4 Å². The van der Waals surface area contributed by atoms with Gasteiger partial charge in [0.05, 0.1) is 6.61 Å². The lowest BCUT2D eigenvalue weighted by Crippen LogP contribution is -2.41. The average molecular weight is 424 g/mol. The van der Waals surface area contributed by atoms with Crippen molar-refractivity contribution in [2.24, 2.45) is 0 Å². The Balaban J connectivity index is 1.96. The van der Waals surface area contributed by atoms with Crippen LogP contribution in [0.3, 0.4) is 0 Å². The third kappa shape index (κ3) is 4.76. The maximum absolute atomic E-state index is 12.7. The first kappa shape index (κ1) is 20.9. The summed E-state index contributed by atoms with van der Waals surface area (Å²) in [5.41, 5.74) is 0.793. The van der Waals surface area contributed by atoms with Crippen molar-refractivity contribution in [1.29, 1.82) is 0 Å². The third-order valence-electron chi connectivity index (χ3n) is 4.67. The largest absolute Gasteiger partial charge is 0.480 e. The fourth-order valence-corrected chi connectivity index (χ4v) is 4.97. The van der Waals surface area contributed by atoms with Crippen LogP contribution in [0.2, 0.25) is 5.02 Å². The number of nitrogens with zero attached hydrogens (tertiary/aromatic N) is 1. The first-order valence-corrected chi connectivity index (χ1v) is 10.9. The monoisotopic (exact) mass is 423 g/mol. The lowest BCUT2D eigenvalue weighted by Gasteiger charge is -2.38. The number of hydrogen-bond donors (Lipinski definition) is 1. The SMILES string of the molecule is CCCC(C(=O)O)N1C(c2ccccc2Oc2ccc(Cl)cc2)CCO[PH]1=O. The first-order chi connectivity index (χ1) is 13.5. The van der Waals surface area contributed by atoms with Crippen LogP contribution in [0.1, 0.15) is 37.8 Å². The number of rotatable bonds is 7. The summed E-state index contributed by atoms with van der Waals surface area (Å²) in [5, 5.41) is 10.3. The van der Waals surface area contributed by atoms with Crippen LogP contribution in [0.4, 0.5) is 0 Å². The lowest BCUT2D eigenvalue weighted by atomic mass is 10.0. The molecule has 150 valence electrons. The summed E-state index contributed by atoms with van der Waals surface area (Å²) in [4.78, 5) is 11.9. The topological polar surface area (TPSA) is 76.1 Å². The summed E-state index contributed by atoms with van der Waals surface area (Å²) in [6.45, 7) is 2.22. The van der Waals surface area contributed by atoms with E-state index >= 15 is 0 Å². The number of para-hydroxylation sites is 1. The van der Waals surface area contributed by atoms with E-state index < -0.39 is 20.2 Å². The number of carboxylic acid groups (broad SMARTS) is 1. The zero-order valence-corrected chi connectivity index (χ0v) is 17.3. The van der Waals surface area contributed by atoms with E-state index in [0.29, 0.717) is 42.4 Å². The molecule has 0 bridgehead atoms. The number of aliphatic carboxylic acids is 1. The highest BCUT2D eigenvalue weighted by Crippen LogP contribution is 2.48. The average Bonchev–Trinajstić information content (AvgIpc) is 2.68. The molecule has 0 saturated carbocycles. The van der Waals surface area contributed by atoms with Crippen LogP contribution < -0.4 is 4.74 Å². The van der Waals surface area contributed by atoms with Crippen molar-refractivity contribution < 1.29 is 23.7 Å². The van der Waals surface area contributed by atoms with E-state index in [-0.39, 0.29) is 6.04 Å². The second-order valence-electron chi connectivity index (χ2n) is 6.56. The minimum atomic E-state index is -2.66. The number of carboxylic acids is 1. The summed E-state index contributed by atoms with van der Waals surface area (Å²) < 4.78 is 25.6. The molecule has 1 fully saturated rings. The van der Waals surface area contributed by atoms with Gasteiger partial charge in [-0.25, -0.2) is 4.67 Å². The van der Waals surface area contributed by atoms with E-state index in [9.17, 15) is 14.5 Å². The molecule has 0 spiro atoms. The molecule has 3 unspecified atom stereocenters. The van der Waals surface area contributed by atoms with Gasteiger partial charge >= 0.3 is 5.97 Å². The summed E-state index contributed by atoms with van der Waals surface area (Å²) in [5.74, 6) is 0.218. The van der Waals surface area contributed by atoms with E-state index in [4.69, 9.17) is 20.9 Å². The van der Waals surface area contributed by atoms with Crippen LogP contribution in [-0.2, 0) is 13.9 Å². The van der Waals surface area contributed by atoms with Crippen LogP contribution in [0.15, 0.2) is 48.5 Å². The number of halogens is 1. The van der Waals surface area contributed by atoms with Gasteiger partial charge in [0, 0.05) is 16.6 Å². The molecule has 1 N–H and O–H groups in total. The quantitative estimate of drug-likeness (QED) is 0.589. The summed E-state index contributed by atoms with van der Waals surface area (Å²) in [6, 6.07) is 13.2. The van der Waals surface area contributed by atoms with Crippen molar-refractivity contribution in [3.05, 3.63) is 59.1 Å². The third-order valence-corrected chi connectivity index (χ3v) is 6.41. The molecule has 0 aromatic heterocycles. The molecule has 0 amide bonds. The second kappa shape index (κ2) is 9.57.